The summed E-state index contributed by atoms with van der Waals surface area (Å²) in [5, 5.41) is 11.3. The third-order valence-electron chi connectivity index (χ3n) is 5.57. The number of anilines is 1. The minimum absolute atomic E-state index is 0.00136. The number of ketones is 1. The van der Waals surface area contributed by atoms with Gasteiger partial charge in [-0.05, 0) is 56.3 Å². The fourth-order valence-corrected chi connectivity index (χ4v) is 4.07. The van der Waals surface area contributed by atoms with E-state index < -0.39 is 35.1 Å². The lowest BCUT2D eigenvalue weighted by Crippen LogP contribution is -2.29. The second kappa shape index (κ2) is 9.97. The number of hydrogen-bond acceptors (Lipinski definition) is 5. The largest absolute Gasteiger partial charge is 0.507 e. The molecule has 0 aromatic heterocycles. The van der Waals surface area contributed by atoms with E-state index in [-0.39, 0.29) is 34.7 Å². The third kappa shape index (κ3) is 4.47. The van der Waals surface area contributed by atoms with Gasteiger partial charge < -0.3 is 14.6 Å². The molecule has 1 N–H and O–H groups in total. The SMILES string of the molecule is CCOc1ccc(/C(O)=C2\C(=O)C(=O)N(c3ccc(F)cc3)C2c2ccccc2F)c(OCC)c1. The van der Waals surface area contributed by atoms with Gasteiger partial charge in [0.15, 0.2) is 0 Å². The van der Waals surface area contributed by atoms with Crippen LogP contribution in [0.1, 0.15) is 31.0 Å². The van der Waals surface area contributed by atoms with Gasteiger partial charge in [-0.25, -0.2) is 8.78 Å². The zero-order valence-corrected chi connectivity index (χ0v) is 19.1. The Kier molecular flexibility index (Phi) is 6.82. The molecule has 0 bridgehead atoms. The average molecular weight is 479 g/mol. The van der Waals surface area contributed by atoms with Gasteiger partial charge in [-0.15, -0.1) is 0 Å². The number of ether oxygens (including phenoxy) is 2. The van der Waals surface area contributed by atoms with Gasteiger partial charge in [-0.2, -0.15) is 0 Å². The van der Waals surface area contributed by atoms with Gasteiger partial charge in [0.25, 0.3) is 11.7 Å². The summed E-state index contributed by atoms with van der Waals surface area (Å²) < 4.78 is 39.7. The first-order chi connectivity index (χ1) is 16.9. The molecular formula is C27H23F2NO5. The molecule has 1 amide bonds. The van der Waals surface area contributed by atoms with Crippen molar-refractivity contribution in [3.8, 4) is 11.5 Å². The van der Waals surface area contributed by atoms with E-state index in [1.807, 2.05) is 6.92 Å². The molecule has 1 saturated heterocycles. The topological polar surface area (TPSA) is 76.1 Å². The van der Waals surface area contributed by atoms with Gasteiger partial charge >= 0.3 is 0 Å². The summed E-state index contributed by atoms with van der Waals surface area (Å²) >= 11 is 0. The zero-order chi connectivity index (χ0) is 25.1. The van der Waals surface area contributed by atoms with E-state index in [1.165, 1.54) is 36.4 Å². The Morgan fingerprint density at radius 1 is 0.943 bits per heavy atom. The molecule has 1 heterocycles. The number of aliphatic hydroxyl groups excluding tert-OH is 1. The van der Waals surface area contributed by atoms with Gasteiger partial charge in [0, 0.05) is 17.3 Å². The number of amides is 1. The van der Waals surface area contributed by atoms with Crippen molar-refractivity contribution in [2.45, 2.75) is 19.9 Å². The number of Topliss-reactive ketones (excluding diaryl/α,β-unsaturated/α-hetero) is 1. The molecule has 4 rings (SSSR count). The normalized spacial score (nSPS) is 17.0. The maximum atomic E-state index is 15.0. The van der Waals surface area contributed by atoms with E-state index in [1.54, 1.807) is 25.1 Å². The number of hydrogen-bond donors (Lipinski definition) is 1. The van der Waals surface area contributed by atoms with Gasteiger partial charge in [0.05, 0.1) is 30.4 Å². The predicted octanol–water partition coefficient (Wildman–Crippen LogP) is 5.39. The molecule has 1 atom stereocenters. The van der Waals surface area contributed by atoms with Crippen molar-refractivity contribution in [3.63, 3.8) is 0 Å². The fourth-order valence-electron chi connectivity index (χ4n) is 4.07. The van der Waals surface area contributed by atoms with Crippen molar-refractivity contribution in [3.05, 3.63) is 95.1 Å². The van der Waals surface area contributed by atoms with E-state index in [0.717, 1.165) is 17.0 Å². The lowest BCUT2D eigenvalue weighted by molar-refractivity contribution is -0.132. The Morgan fingerprint density at radius 3 is 2.29 bits per heavy atom. The molecule has 3 aromatic rings. The van der Waals surface area contributed by atoms with Crippen LogP contribution in [0.25, 0.3) is 5.76 Å². The van der Waals surface area contributed by atoms with Crippen molar-refractivity contribution >= 4 is 23.1 Å². The third-order valence-corrected chi connectivity index (χ3v) is 5.57. The minimum Gasteiger partial charge on any atom is -0.507 e. The van der Waals surface area contributed by atoms with Crippen LogP contribution in [-0.4, -0.2) is 30.0 Å². The quantitative estimate of drug-likeness (QED) is 0.279. The number of carbonyl (C=O) groups excluding carboxylic acids is 2. The molecule has 0 aliphatic carbocycles. The van der Waals surface area contributed by atoms with Crippen LogP contribution in [0.15, 0.2) is 72.3 Å². The molecule has 180 valence electrons. The van der Waals surface area contributed by atoms with Crippen molar-refractivity contribution in [2.24, 2.45) is 0 Å². The Bertz CT molecular complexity index is 1300. The van der Waals surface area contributed by atoms with Crippen molar-refractivity contribution in [1.29, 1.82) is 0 Å². The standard InChI is InChI=1S/C27H23F2NO5/c1-3-34-18-13-14-20(22(15-18)35-4-2)25(31)23-24(19-7-5-6-8-21(19)29)30(27(33)26(23)32)17-11-9-16(28)10-12-17/h5-15,24,31H,3-4H2,1-2H3/b25-23+. The summed E-state index contributed by atoms with van der Waals surface area (Å²) in [5.41, 5.74) is 0.0160. The summed E-state index contributed by atoms with van der Waals surface area (Å²) in [6.07, 6.45) is 0. The van der Waals surface area contributed by atoms with Crippen LogP contribution >= 0.6 is 0 Å². The molecular weight excluding hydrogens is 456 g/mol. The second-order valence-corrected chi connectivity index (χ2v) is 7.69. The second-order valence-electron chi connectivity index (χ2n) is 7.69. The highest BCUT2D eigenvalue weighted by atomic mass is 19.1. The molecule has 35 heavy (non-hydrogen) atoms. The summed E-state index contributed by atoms with van der Waals surface area (Å²) in [5.74, 6) is -2.99. The maximum absolute atomic E-state index is 15.0. The molecule has 1 fully saturated rings. The van der Waals surface area contributed by atoms with Gasteiger partial charge in [-0.1, -0.05) is 18.2 Å². The first-order valence-corrected chi connectivity index (χ1v) is 11.1. The number of aliphatic hydroxyl groups is 1. The van der Waals surface area contributed by atoms with Crippen molar-refractivity contribution in [1.82, 2.24) is 0 Å². The van der Waals surface area contributed by atoms with E-state index in [9.17, 15) is 23.5 Å². The molecule has 0 radical (unpaired) electrons. The van der Waals surface area contributed by atoms with Crippen LogP contribution < -0.4 is 14.4 Å². The summed E-state index contributed by atoms with van der Waals surface area (Å²) in [7, 11) is 0. The van der Waals surface area contributed by atoms with Gasteiger partial charge in [0.2, 0.25) is 0 Å². The molecule has 8 heteroatoms. The highest BCUT2D eigenvalue weighted by Gasteiger charge is 2.48. The highest BCUT2D eigenvalue weighted by molar-refractivity contribution is 6.51. The summed E-state index contributed by atoms with van der Waals surface area (Å²) in [4.78, 5) is 27.4. The number of carbonyl (C=O) groups is 2. The molecule has 1 aliphatic heterocycles. The first-order valence-electron chi connectivity index (χ1n) is 11.1. The van der Waals surface area contributed by atoms with Crippen LogP contribution in [0.4, 0.5) is 14.5 Å². The van der Waals surface area contributed by atoms with E-state index in [4.69, 9.17) is 9.47 Å². The average Bonchev–Trinajstić information content (AvgIpc) is 3.10. The van der Waals surface area contributed by atoms with Crippen LogP contribution in [0.2, 0.25) is 0 Å². The molecule has 3 aromatic carbocycles. The Morgan fingerprint density at radius 2 is 1.63 bits per heavy atom. The monoisotopic (exact) mass is 479 g/mol. The number of rotatable bonds is 7. The first kappa shape index (κ1) is 23.9. The van der Waals surface area contributed by atoms with Crippen LogP contribution in [-0.2, 0) is 9.59 Å². The Hall–Kier alpha value is -4.20. The molecule has 6 nitrogen and oxygen atoms in total. The fraction of sp³-hybridized carbons (Fsp3) is 0.185. The van der Waals surface area contributed by atoms with E-state index in [2.05, 4.69) is 0 Å². The number of benzene rings is 3. The maximum Gasteiger partial charge on any atom is 0.300 e. The van der Waals surface area contributed by atoms with Crippen molar-refractivity contribution in [2.75, 3.05) is 18.1 Å². The van der Waals surface area contributed by atoms with Crippen LogP contribution in [0, 0.1) is 11.6 Å². The van der Waals surface area contributed by atoms with Gasteiger partial charge in [0.1, 0.15) is 28.9 Å². The van der Waals surface area contributed by atoms with E-state index >= 15 is 0 Å². The lowest BCUT2D eigenvalue weighted by Gasteiger charge is -2.26. The highest BCUT2D eigenvalue weighted by Crippen LogP contribution is 2.44. The Labute approximate surface area is 201 Å². The smallest absolute Gasteiger partial charge is 0.300 e. The molecule has 0 spiro atoms. The van der Waals surface area contributed by atoms with Crippen LogP contribution in [0.3, 0.4) is 0 Å². The van der Waals surface area contributed by atoms with Crippen LogP contribution in [0.5, 0.6) is 11.5 Å². The summed E-state index contributed by atoms with van der Waals surface area (Å²) in [6, 6.07) is 13.9. The number of halogens is 2. The zero-order valence-electron chi connectivity index (χ0n) is 19.1. The lowest BCUT2D eigenvalue weighted by atomic mass is 9.94. The minimum atomic E-state index is -1.29. The Balaban J connectivity index is 1.95. The van der Waals surface area contributed by atoms with Gasteiger partial charge in [-0.3, -0.25) is 14.5 Å². The molecule has 1 aliphatic rings. The summed E-state index contributed by atoms with van der Waals surface area (Å²) in [6.45, 7) is 4.24. The molecule has 1 unspecified atom stereocenters. The van der Waals surface area contributed by atoms with Crippen molar-refractivity contribution < 1.29 is 33.0 Å². The predicted molar refractivity (Wildman–Crippen MR) is 126 cm³/mol. The molecule has 0 saturated carbocycles. The van der Waals surface area contributed by atoms with E-state index in [0.29, 0.717) is 12.4 Å². The number of nitrogens with zero attached hydrogens (tertiary/aromatic N) is 1.